The molecule has 0 aliphatic heterocycles. The molecule has 4 heterocycles. The summed E-state index contributed by atoms with van der Waals surface area (Å²) in [5.41, 5.74) is 12.8. The van der Waals surface area contributed by atoms with Gasteiger partial charge in [0.15, 0.2) is 5.82 Å². The molecule has 0 fully saturated rings. The number of para-hydroxylation sites is 3. The molecule has 270 valence electrons. The van der Waals surface area contributed by atoms with E-state index in [2.05, 4.69) is 174 Å². The Kier molecular flexibility index (Phi) is 7.16. The van der Waals surface area contributed by atoms with Crippen molar-refractivity contribution in [1.29, 1.82) is 0 Å². The van der Waals surface area contributed by atoms with Crippen molar-refractivity contribution < 1.29 is 4.42 Å². The summed E-state index contributed by atoms with van der Waals surface area (Å²) in [4.78, 5) is 15.7. The fraction of sp³-hybridized carbons (Fsp3) is 0. The van der Waals surface area contributed by atoms with Gasteiger partial charge in [-0.2, -0.15) is 0 Å². The first-order valence-corrected chi connectivity index (χ1v) is 19.5. The van der Waals surface area contributed by atoms with Gasteiger partial charge in [-0.25, -0.2) is 15.0 Å². The number of aromatic nitrogens is 4. The van der Waals surface area contributed by atoms with Crippen LogP contribution < -0.4 is 0 Å². The second kappa shape index (κ2) is 12.8. The van der Waals surface area contributed by atoms with Crippen molar-refractivity contribution in [3.63, 3.8) is 0 Å². The number of benzene rings is 8. The van der Waals surface area contributed by atoms with Crippen LogP contribution in [0.25, 0.3) is 116 Å². The molecular formula is C53H32N4O. The van der Waals surface area contributed by atoms with Crippen LogP contribution >= 0.6 is 0 Å². The molecule has 12 rings (SSSR count). The molecule has 0 radical (unpaired) electrons. The van der Waals surface area contributed by atoms with Gasteiger partial charge < -0.3 is 8.98 Å². The predicted molar refractivity (Wildman–Crippen MR) is 238 cm³/mol. The van der Waals surface area contributed by atoms with E-state index in [0.717, 1.165) is 94.2 Å². The van der Waals surface area contributed by atoms with E-state index in [1.807, 2.05) is 24.3 Å². The molecule has 0 atom stereocenters. The molecule has 0 unspecified atom stereocenters. The lowest BCUT2D eigenvalue weighted by molar-refractivity contribution is 0.669. The first-order chi connectivity index (χ1) is 28.7. The number of furan rings is 1. The van der Waals surface area contributed by atoms with Gasteiger partial charge in [-0.1, -0.05) is 121 Å². The molecule has 4 aromatic heterocycles. The zero-order valence-electron chi connectivity index (χ0n) is 31.2. The van der Waals surface area contributed by atoms with Crippen LogP contribution in [0, 0.1) is 0 Å². The summed E-state index contributed by atoms with van der Waals surface area (Å²) in [5, 5.41) is 7.79. The molecule has 58 heavy (non-hydrogen) atoms. The third-order valence-corrected chi connectivity index (χ3v) is 11.4. The number of hydrogen-bond donors (Lipinski definition) is 0. The normalized spacial score (nSPS) is 11.8. The monoisotopic (exact) mass is 740 g/mol. The number of hydrogen-bond acceptors (Lipinski definition) is 4. The quantitative estimate of drug-likeness (QED) is 0.165. The van der Waals surface area contributed by atoms with E-state index in [4.69, 9.17) is 19.4 Å². The van der Waals surface area contributed by atoms with Crippen molar-refractivity contribution in [1.82, 2.24) is 19.5 Å². The maximum absolute atomic E-state index is 6.59. The van der Waals surface area contributed by atoms with Gasteiger partial charge in [-0.05, 0) is 72.8 Å². The molecule has 0 aliphatic carbocycles. The van der Waals surface area contributed by atoms with E-state index in [0.29, 0.717) is 5.82 Å². The summed E-state index contributed by atoms with van der Waals surface area (Å²) in [6.45, 7) is 0. The smallest absolute Gasteiger partial charge is 0.160 e. The first-order valence-electron chi connectivity index (χ1n) is 19.5. The molecule has 0 saturated carbocycles. The lowest BCUT2D eigenvalue weighted by atomic mass is 9.95. The van der Waals surface area contributed by atoms with Crippen LogP contribution in [0.15, 0.2) is 199 Å². The molecule has 0 spiro atoms. The Balaban J connectivity index is 1.09. The average Bonchev–Trinajstić information content (AvgIpc) is 3.84. The molecular weight excluding hydrogens is 709 g/mol. The van der Waals surface area contributed by atoms with Crippen LogP contribution in [0.5, 0.6) is 0 Å². The van der Waals surface area contributed by atoms with Crippen LogP contribution in [-0.2, 0) is 0 Å². The number of nitrogens with zero attached hydrogens (tertiary/aromatic N) is 4. The van der Waals surface area contributed by atoms with E-state index in [1.54, 1.807) is 0 Å². The third kappa shape index (κ3) is 5.07. The molecule has 0 saturated heterocycles. The molecule has 12 aromatic rings. The van der Waals surface area contributed by atoms with Crippen molar-refractivity contribution >= 4 is 65.4 Å². The Labute approximate surface area is 333 Å². The highest BCUT2D eigenvalue weighted by Crippen LogP contribution is 2.43. The van der Waals surface area contributed by atoms with Crippen LogP contribution in [0.3, 0.4) is 0 Å². The van der Waals surface area contributed by atoms with Gasteiger partial charge in [0.05, 0.1) is 33.6 Å². The highest BCUT2D eigenvalue weighted by Gasteiger charge is 2.20. The minimum atomic E-state index is 0.673. The van der Waals surface area contributed by atoms with E-state index < -0.39 is 0 Å². The first kappa shape index (κ1) is 32.4. The van der Waals surface area contributed by atoms with Crippen LogP contribution in [0.1, 0.15) is 0 Å². The number of pyridine rings is 1. The van der Waals surface area contributed by atoms with Gasteiger partial charge in [-0.15, -0.1) is 0 Å². The van der Waals surface area contributed by atoms with Crippen LogP contribution in [0.4, 0.5) is 0 Å². The van der Waals surface area contributed by atoms with Gasteiger partial charge in [0, 0.05) is 65.6 Å². The van der Waals surface area contributed by atoms with E-state index in [9.17, 15) is 0 Å². The van der Waals surface area contributed by atoms with Gasteiger partial charge in [0.2, 0.25) is 0 Å². The fourth-order valence-electron chi connectivity index (χ4n) is 8.73. The highest BCUT2D eigenvalue weighted by atomic mass is 16.3. The number of fused-ring (bicyclic) bond motifs is 10. The zero-order valence-corrected chi connectivity index (χ0v) is 31.2. The summed E-state index contributed by atoms with van der Waals surface area (Å²) >= 11 is 0. The Morgan fingerprint density at radius 2 is 0.966 bits per heavy atom. The van der Waals surface area contributed by atoms with E-state index in [-0.39, 0.29) is 0 Å². The van der Waals surface area contributed by atoms with Gasteiger partial charge in [0.25, 0.3) is 0 Å². The van der Waals surface area contributed by atoms with Crippen LogP contribution in [-0.4, -0.2) is 19.5 Å². The molecule has 5 heteroatoms. The van der Waals surface area contributed by atoms with Crippen molar-refractivity contribution in [2.24, 2.45) is 0 Å². The van der Waals surface area contributed by atoms with Gasteiger partial charge in [-0.3, -0.25) is 0 Å². The second-order valence-corrected chi connectivity index (χ2v) is 14.8. The summed E-state index contributed by atoms with van der Waals surface area (Å²) in [6.07, 6.45) is 0. The summed E-state index contributed by atoms with van der Waals surface area (Å²) < 4.78 is 8.93. The summed E-state index contributed by atoms with van der Waals surface area (Å²) in [5.74, 6) is 0.673. The maximum Gasteiger partial charge on any atom is 0.160 e. The third-order valence-electron chi connectivity index (χ3n) is 11.4. The van der Waals surface area contributed by atoms with Crippen molar-refractivity contribution in [3.05, 3.63) is 194 Å². The van der Waals surface area contributed by atoms with Crippen molar-refractivity contribution in [3.8, 4) is 50.8 Å². The minimum Gasteiger partial charge on any atom is -0.456 e. The standard InChI is InChI=1S/C53H32N4O/c1-4-14-33(15-5-1)52-40-26-29-49-51(50(40)39-21-10-12-22-43(39)54-52)42-31-36(25-28-48(42)58-49)45-32-44(55-53(56-45)34-16-6-2-7-17-34)35-24-27-47-41(30-35)38-20-11-13-23-46(38)57(47)37-18-8-3-9-19-37/h1-32H. The average molecular weight is 741 g/mol. The number of rotatable bonds is 5. The molecule has 5 nitrogen and oxygen atoms in total. The molecule has 8 aromatic carbocycles. The zero-order chi connectivity index (χ0) is 38.2. The molecule has 0 bridgehead atoms. The van der Waals surface area contributed by atoms with Gasteiger partial charge >= 0.3 is 0 Å². The highest BCUT2D eigenvalue weighted by molar-refractivity contribution is 6.28. The SMILES string of the molecule is c1ccc(-c2nc(-c3ccc4oc5ccc6c(-c7ccccc7)nc7ccccc7c6c5c4c3)cc(-c3ccc4c(c3)c3ccccc3n4-c3ccccc3)n2)cc1. The topological polar surface area (TPSA) is 56.7 Å². The van der Waals surface area contributed by atoms with Crippen molar-refractivity contribution in [2.45, 2.75) is 0 Å². The fourth-order valence-corrected chi connectivity index (χ4v) is 8.73. The predicted octanol–water partition coefficient (Wildman–Crippen LogP) is 13.8. The molecule has 0 N–H and O–H groups in total. The maximum atomic E-state index is 6.59. The Morgan fingerprint density at radius 1 is 0.362 bits per heavy atom. The summed E-state index contributed by atoms with van der Waals surface area (Å²) in [6, 6.07) is 67.7. The van der Waals surface area contributed by atoms with E-state index in [1.165, 1.54) is 16.3 Å². The Morgan fingerprint density at radius 3 is 1.74 bits per heavy atom. The lowest BCUT2D eigenvalue weighted by Crippen LogP contribution is -1.96. The summed E-state index contributed by atoms with van der Waals surface area (Å²) in [7, 11) is 0. The van der Waals surface area contributed by atoms with Gasteiger partial charge in [0.1, 0.15) is 11.2 Å². The Bertz CT molecular complexity index is 3550. The minimum absolute atomic E-state index is 0.673. The van der Waals surface area contributed by atoms with Crippen LogP contribution in [0.2, 0.25) is 0 Å². The van der Waals surface area contributed by atoms with Crippen molar-refractivity contribution in [2.75, 3.05) is 0 Å². The molecule has 0 amide bonds. The Hall–Kier alpha value is -7.89. The largest absolute Gasteiger partial charge is 0.456 e. The van der Waals surface area contributed by atoms with E-state index >= 15 is 0 Å². The lowest BCUT2D eigenvalue weighted by Gasteiger charge is -2.12. The second-order valence-electron chi connectivity index (χ2n) is 14.8. The molecule has 0 aliphatic rings.